The molecule has 0 aromatic carbocycles. The molecule has 0 aliphatic carbocycles. The molecule has 0 bridgehead atoms. The van der Waals surface area contributed by atoms with E-state index in [4.69, 9.17) is 5.73 Å². The van der Waals surface area contributed by atoms with Gasteiger partial charge in [0.25, 0.3) is 0 Å². The first-order chi connectivity index (χ1) is 5.22. The molecule has 1 rings (SSSR count). The Kier molecular flexibility index (Phi) is 2.25. The number of hydrogen-bond donors (Lipinski definition) is 2. The molecule has 60 valence electrons. The largest absolute Gasteiger partial charge is 0.387 e. The molecule has 1 aromatic heterocycles. The summed E-state index contributed by atoms with van der Waals surface area (Å²) in [7, 11) is 0. The van der Waals surface area contributed by atoms with Gasteiger partial charge in [0.1, 0.15) is 5.84 Å². The molecule has 4 heteroatoms. The SMILES string of the molecule is CCC(N)=Nc1cc(C)[nH]n1. The van der Waals surface area contributed by atoms with E-state index in [1.54, 1.807) is 0 Å². The Hall–Kier alpha value is -1.32. The van der Waals surface area contributed by atoms with Crippen LogP contribution in [0.3, 0.4) is 0 Å². The Morgan fingerprint density at radius 3 is 3.00 bits per heavy atom. The number of hydrogen-bond acceptors (Lipinski definition) is 2. The van der Waals surface area contributed by atoms with Crippen LogP contribution in [0.2, 0.25) is 0 Å². The van der Waals surface area contributed by atoms with E-state index in [0.717, 1.165) is 12.1 Å². The molecule has 0 aliphatic rings. The van der Waals surface area contributed by atoms with Crippen LogP contribution in [-0.4, -0.2) is 16.0 Å². The van der Waals surface area contributed by atoms with Crippen LogP contribution < -0.4 is 5.73 Å². The maximum Gasteiger partial charge on any atom is 0.175 e. The van der Waals surface area contributed by atoms with Gasteiger partial charge in [-0.05, 0) is 6.92 Å². The number of nitrogens with one attached hydrogen (secondary N) is 1. The number of H-pyrrole nitrogens is 1. The van der Waals surface area contributed by atoms with E-state index in [-0.39, 0.29) is 0 Å². The zero-order valence-electron chi connectivity index (χ0n) is 6.76. The van der Waals surface area contributed by atoms with E-state index in [9.17, 15) is 0 Å². The van der Waals surface area contributed by atoms with Gasteiger partial charge in [-0.1, -0.05) is 6.92 Å². The second-order valence-electron chi connectivity index (χ2n) is 2.37. The minimum atomic E-state index is 0.608. The van der Waals surface area contributed by atoms with Gasteiger partial charge in [0.2, 0.25) is 0 Å². The van der Waals surface area contributed by atoms with Crippen LogP contribution >= 0.6 is 0 Å². The third-order valence-corrected chi connectivity index (χ3v) is 1.31. The highest BCUT2D eigenvalue weighted by molar-refractivity contribution is 5.82. The molecule has 0 fully saturated rings. The number of nitrogens with zero attached hydrogens (tertiary/aromatic N) is 2. The molecule has 3 N–H and O–H groups in total. The molecule has 0 radical (unpaired) electrons. The number of aryl methyl sites for hydroxylation is 1. The van der Waals surface area contributed by atoms with Crippen molar-refractivity contribution in [2.75, 3.05) is 0 Å². The maximum absolute atomic E-state index is 5.51. The topological polar surface area (TPSA) is 67.1 Å². The van der Waals surface area contributed by atoms with Crippen LogP contribution in [0.4, 0.5) is 5.82 Å². The van der Waals surface area contributed by atoms with Crippen molar-refractivity contribution in [3.05, 3.63) is 11.8 Å². The summed E-state index contributed by atoms with van der Waals surface area (Å²) in [5, 5.41) is 6.70. The second kappa shape index (κ2) is 3.18. The zero-order chi connectivity index (χ0) is 8.27. The number of aromatic nitrogens is 2. The molecular formula is C7H12N4. The molecule has 11 heavy (non-hydrogen) atoms. The van der Waals surface area contributed by atoms with Crippen molar-refractivity contribution >= 4 is 11.7 Å². The Morgan fingerprint density at radius 2 is 2.55 bits per heavy atom. The van der Waals surface area contributed by atoms with Crippen LogP contribution in [-0.2, 0) is 0 Å². The van der Waals surface area contributed by atoms with Crippen LogP contribution in [0.5, 0.6) is 0 Å². The first-order valence-electron chi connectivity index (χ1n) is 3.57. The van der Waals surface area contributed by atoms with Gasteiger partial charge in [-0.15, -0.1) is 0 Å². The first-order valence-corrected chi connectivity index (χ1v) is 3.57. The van der Waals surface area contributed by atoms with E-state index in [0.29, 0.717) is 11.7 Å². The summed E-state index contributed by atoms with van der Waals surface area (Å²) in [6, 6.07) is 1.85. The minimum Gasteiger partial charge on any atom is -0.387 e. The Bertz CT molecular complexity index is 261. The van der Waals surface area contributed by atoms with Crippen molar-refractivity contribution in [1.82, 2.24) is 10.2 Å². The fourth-order valence-corrected chi connectivity index (χ4v) is 0.687. The van der Waals surface area contributed by atoms with E-state index in [2.05, 4.69) is 15.2 Å². The van der Waals surface area contributed by atoms with E-state index in [1.807, 2.05) is 19.9 Å². The predicted octanol–water partition coefficient (Wildman–Crippen LogP) is 1.12. The monoisotopic (exact) mass is 152 g/mol. The van der Waals surface area contributed by atoms with Gasteiger partial charge >= 0.3 is 0 Å². The van der Waals surface area contributed by atoms with Gasteiger partial charge in [-0.2, -0.15) is 5.10 Å². The van der Waals surface area contributed by atoms with E-state index < -0.39 is 0 Å². The first kappa shape index (κ1) is 7.78. The van der Waals surface area contributed by atoms with Gasteiger partial charge in [0.15, 0.2) is 5.82 Å². The molecule has 0 spiro atoms. The van der Waals surface area contributed by atoms with Crippen LogP contribution in [0.25, 0.3) is 0 Å². The molecule has 0 amide bonds. The lowest BCUT2D eigenvalue weighted by molar-refractivity contribution is 1.04. The van der Waals surface area contributed by atoms with Crippen LogP contribution in [0.15, 0.2) is 11.1 Å². The van der Waals surface area contributed by atoms with E-state index in [1.165, 1.54) is 0 Å². The summed E-state index contributed by atoms with van der Waals surface area (Å²) in [6.07, 6.45) is 0.756. The van der Waals surface area contributed by atoms with Gasteiger partial charge in [0.05, 0.1) is 0 Å². The molecule has 0 saturated heterocycles. The molecular weight excluding hydrogens is 140 g/mol. The molecule has 1 aromatic rings. The summed E-state index contributed by atoms with van der Waals surface area (Å²) in [5.41, 5.74) is 6.50. The smallest absolute Gasteiger partial charge is 0.175 e. The molecule has 4 nitrogen and oxygen atoms in total. The number of nitrogens with two attached hydrogens (primary N) is 1. The summed E-state index contributed by atoms with van der Waals surface area (Å²) < 4.78 is 0. The fraction of sp³-hybridized carbons (Fsp3) is 0.429. The van der Waals surface area contributed by atoms with Gasteiger partial charge in [0, 0.05) is 18.2 Å². The van der Waals surface area contributed by atoms with Crippen molar-refractivity contribution in [3.63, 3.8) is 0 Å². The molecule has 1 heterocycles. The van der Waals surface area contributed by atoms with Crippen molar-refractivity contribution in [1.29, 1.82) is 0 Å². The van der Waals surface area contributed by atoms with Crippen molar-refractivity contribution in [2.24, 2.45) is 10.7 Å². The van der Waals surface area contributed by atoms with Gasteiger partial charge in [-0.3, -0.25) is 5.10 Å². The summed E-state index contributed by atoms with van der Waals surface area (Å²) in [4.78, 5) is 4.05. The average molecular weight is 152 g/mol. The van der Waals surface area contributed by atoms with E-state index >= 15 is 0 Å². The molecule has 0 aliphatic heterocycles. The lowest BCUT2D eigenvalue weighted by Crippen LogP contribution is -2.08. The average Bonchev–Trinajstić information content (AvgIpc) is 2.35. The third-order valence-electron chi connectivity index (χ3n) is 1.31. The Labute approximate surface area is 65.5 Å². The number of aliphatic imine (C=N–C) groups is 1. The predicted molar refractivity (Wildman–Crippen MR) is 44.9 cm³/mol. The lowest BCUT2D eigenvalue weighted by Gasteiger charge is -1.89. The zero-order valence-corrected chi connectivity index (χ0v) is 6.76. The highest BCUT2D eigenvalue weighted by atomic mass is 15.2. The Balaban J connectivity index is 2.78. The normalized spacial score (nSPS) is 12.0. The maximum atomic E-state index is 5.51. The Morgan fingerprint density at radius 1 is 1.82 bits per heavy atom. The quantitative estimate of drug-likeness (QED) is 0.492. The summed E-state index contributed by atoms with van der Waals surface area (Å²) >= 11 is 0. The van der Waals surface area contributed by atoms with Gasteiger partial charge < -0.3 is 5.73 Å². The fourth-order valence-electron chi connectivity index (χ4n) is 0.687. The van der Waals surface area contributed by atoms with Crippen LogP contribution in [0, 0.1) is 6.92 Å². The molecule has 0 atom stereocenters. The van der Waals surface area contributed by atoms with Crippen molar-refractivity contribution < 1.29 is 0 Å². The second-order valence-corrected chi connectivity index (χ2v) is 2.37. The van der Waals surface area contributed by atoms with Gasteiger partial charge in [-0.25, -0.2) is 4.99 Å². The number of aromatic amines is 1. The molecule has 0 unspecified atom stereocenters. The molecule has 0 saturated carbocycles. The van der Waals surface area contributed by atoms with Crippen molar-refractivity contribution in [2.45, 2.75) is 20.3 Å². The highest BCUT2D eigenvalue weighted by Crippen LogP contribution is 2.07. The minimum absolute atomic E-state index is 0.608. The standard InChI is InChI=1S/C7H12N4/c1-3-6(8)9-7-4-5(2)10-11-7/h4H,3H2,1-2H3,(H3,8,9,10,11). The number of amidine groups is 1. The lowest BCUT2D eigenvalue weighted by atomic mass is 10.4. The summed E-state index contributed by atoms with van der Waals surface area (Å²) in [5.74, 6) is 1.26. The third kappa shape index (κ3) is 2.07. The van der Waals surface area contributed by atoms with Crippen molar-refractivity contribution in [3.8, 4) is 0 Å². The summed E-state index contributed by atoms with van der Waals surface area (Å²) in [6.45, 7) is 3.88. The van der Waals surface area contributed by atoms with Crippen LogP contribution in [0.1, 0.15) is 19.0 Å². The highest BCUT2D eigenvalue weighted by Gasteiger charge is 1.94. The number of rotatable bonds is 2.